The summed E-state index contributed by atoms with van der Waals surface area (Å²) in [6.07, 6.45) is 0.634. The van der Waals surface area contributed by atoms with Crippen molar-refractivity contribution in [3.8, 4) is 5.75 Å². The Morgan fingerprint density at radius 2 is 1.72 bits per heavy atom. The molecule has 3 saturated heterocycles. The van der Waals surface area contributed by atoms with Gasteiger partial charge in [-0.2, -0.15) is 0 Å². The van der Waals surface area contributed by atoms with E-state index < -0.39 is 18.2 Å². The van der Waals surface area contributed by atoms with E-state index in [2.05, 4.69) is 0 Å². The molecule has 3 aliphatic heterocycles. The molecule has 25 heavy (non-hydrogen) atoms. The highest BCUT2D eigenvalue weighted by Crippen LogP contribution is 2.44. The number of fused-ring (bicyclic) bond motifs is 2. The maximum Gasteiger partial charge on any atom is 0.246 e. The standard InChI is InChI=1S/C17H18Cl2N2O4/c18-10-1-2-13(23)14(15(10)19)8-3-4-20-11(5-8)17(25)21-7-9(22)6-12(21)16(20)24/h1-2,8-9,11-12,22-23H,3-7H2/t8-,9+,11+,12?/m1/s1. The fourth-order valence-corrected chi connectivity index (χ4v) is 4.82. The van der Waals surface area contributed by atoms with Gasteiger partial charge in [0.15, 0.2) is 0 Å². The van der Waals surface area contributed by atoms with E-state index in [4.69, 9.17) is 23.2 Å². The molecule has 4 rings (SSSR count). The number of amides is 2. The third-order valence-electron chi connectivity index (χ3n) is 5.54. The molecule has 2 amide bonds. The number of phenols is 1. The minimum atomic E-state index is -0.651. The molecular formula is C17H18Cl2N2O4. The molecule has 3 fully saturated rings. The van der Waals surface area contributed by atoms with Gasteiger partial charge >= 0.3 is 0 Å². The molecule has 3 aliphatic rings. The largest absolute Gasteiger partial charge is 0.508 e. The van der Waals surface area contributed by atoms with E-state index in [9.17, 15) is 19.8 Å². The molecule has 6 nitrogen and oxygen atoms in total. The highest BCUT2D eigenvalue weighted by molar-refractivity contribution is 6.42. The molecule has 0 aliphatic carbocycles. The number of aliphatic hydroxyl groups is 1. The highest BCUT2D eigenvalue weighted by atomic mass is 35.5. The first kappa shape index (κ1) is 16.9. The normalized spacial score (nSPS) is 32.0. The number of hydrogen-bond donors (Lipinski definition) is 2. The van der Waals surface area contributed by atoms with Crippen molar-refractivity contribution in [2.24, 2.45) is 0 Å². The Morgan fingerprint density at radius 1 is 1.04 bits per heavy atom. The number of nitrogens with zero attached hydrogens (tertiary/aromatic N) is 2. The van der Waals surface area contributed by atoms with Gasteiger partial charge in [-0.15, -0.1) is 0 Å². The van der Waals surface area contributed by atoms with Crippen LogP contribution in [0.2, 0.25) is 10.0 Å². The summed E-state index contributed by atoms with van der Waals surface area (Å²) in [5.41, 5.74) is 0.539. The summed E-state index contributed by atoms with van der Waals surface area (Å²) in [6, 6.07) is 1.90. The van der Waals surface area contributed by atoms with Gasteiger partial charge in [0.1, 0.15) is 17.8 Å². The number of hydrogen-bond acceptors (Lipinski definition) is 4. The van der Waals surface area contributed by atoms with Crippen LogP contribution in [0, 0.1) is 0 Å². The third kappa shape index (κ3) is 2.58. The average Bonchev–Trinajstić information content (AvgIpc) is 2.98. The Labute approximate surface area is 154 Å². The maximum atomic E-state index is 12.8. The molecular weight excluding hydrogens is 367 g/mol. The van der Waals surface area contributed by atoms with E-state index in [1.807, 2.05) is 0 Å². The van der Waals surface area contributed by atoms with Crippen LogP contribution in [0.25, 0.3) is 0 Å². The van der Waals surface area contributed by atoms with Crippen LogP contribution >= 0.6 is 23.2 Å². The topological polar surface area (TPSA) is 81.1 Å². The number of carbonyl (C=O) groups excluding carboxylic acids is 2. The summed E-state index contributed by atoms with van der Waals surface area (Å²) < 4.78 is 0. The Kier molecular flexibility index (Phi) is 4.09. The first-order valence-electron chi connectivity index (χ1n) is 8.34. The number of halogens is 2. The quantitative estimate of drug-likeness (QED) is 0.772. The molecule has 0 saturated carbocycles. The molecule has 0 bridgehead atoms. The summed E-state index contributed by atoms with van der Waals surface area (Å²) in [5, 5.41) is 20.7. The van der Waals surface area contributed by atoms with E-state index in [0.717, 1.165) is 0 Å². The predicted molar refractivity (Wildman–Crippen MR) is 91.7 cm³/mol. The van der Waals surface area contributed by atoms with Crippen molar-refractivity contribution in [2.45, 2.75) is 43.4 Å². The lowest BCUT2D eigenvalue weighted by Crippen LogP contribution is -2.64. The van der Waals surface area contributed by atoms with Gasteiger partial charge in [0, 0.05) is 25.1 Å². The van der Waals surface area contributed by atoms with Gasteiger partial charge in [-0.3, -0.25) is 9.59 Å². The highest BCUT2D eigenvalue weighted by Gasteiger charge is 2.52. The summed E-state index contributed by atoms with van der Waals surface area (Å²) in [6.45, 7) is 0.621. The average molecular weight is 385 g/mol. The summed E-state index contributed by atoms with van der Waals surface area (Å²) in [7, 11) is 0. The SMILES string of the molecule is O=C1[C@@H]2C[C@H](c3c(O)ccc(Cl)c3Cl)CCN2C(=O)C2C[C@H](O)CN12. The van der Waals surface area contributed by atoms with Gasteiger partial charge in [-0.1, -0.05) is 23.2 Å². The Morgan fingerprint density at radius 3 is 2.48 bits per heavy atom. The molecule has 3 heterocycles. The molecule has 8 heteroatoms. The molecule has 1 unspecified atom stereocenters. The van der Waals surface area contributed by atoms with Crippen LogP contribution in [0.4, 0.5) is 0 Å². The number of phenolic OH excluding ortho intramolecular Hbond substituents is 1. The number of rotatable bonds is 1. The zero-order valence-corrected chi connectivity index (χ0v) is 14.9. The van der Waals surface area contributed by atoms with Crippen LogP contribution < -0.4 is 0 Å². The van der Waals surface area contributed by atoms with Crippen LogP contribution in [-0.2, 0) is 9.59 Å². The number of piperazine rings is 1. The monoisotopic (exact) mass is 384 g/mol. The van der Waals surface area contributed by atoms with E-state index in [1.54, 1.807) is 4.90 Å². The van der Waals surface area contributed by atoms with E-state index in [0.29, 0.717) is 41.4 Å². The molecule has 1 aromatic carbocycles. The zero-order chi connectivity index (χ0) is 17.9. The van der Waals surface area contributed by atoms with Gasteiger partial charge in [-0.25, -0.2) is 0 Å². The zero-order valence-electron chi connectivity index (χ0n) is 13.4. The third-order valence-corrected chi connectivity index (χ3v) is 6.35. The predicted octanol–water partition coefficient (Wildman–Crippen LogP) is 1.75. The number of aliphatic hydroxyl groups excluding tert-OH is 1. The number of aromatic hydroxyl groups is 1. The van der Waals surface area contributed by atoms with Crippen molar-refractivity contribution in [3.63, 3.8) is 0 Å². The smallest absolute Gasteiger partial charge is 0.246 e. The molecule has 1 aromatic rings. The van der Waals surface area contributed by atoms with E-state index in [1.165, 1.54) is 17.0 Å². The fraction of sp³-hybridized carbons (Fsp3) is 0.529. The minimum absolute atomic E-state index is 0.0527. The van der Waals surface area contributed by atoms with Crippen molar-refractivity contribution < 1.29 is 19.8 Å². The van der Waals surface area contributed by atoms with E-state index in [-0.39, 0.29) is 30.0 Å². The van der Waals surface area contributed by atoms with Crippen molar-refractivity contribution >= 4 is 35.0 Å². The fourth-order valence-electron chi connectivity index (χ4n) is 4.34. The second kappa shape index (κ2) is 6.04. The Bertz CT molecular complexity index is 756. The van der Waals surface area contributed by atoms with Crippen molar-refractivity contribution in [2.75, 3.05) is 13.1 Å². The van der Waals surface area contributed by atoms with Gasteiger partial charge in [-0.05, 0) is 30.9 Å². The molecule has 4 atom stereocenters. The number of piperidine rings is 1. The number of carbonyl (C=O) groups is 2. The lowest BCUT2D eigenvalue weighted by Gasteiger charge is -2.46. The minimum Gasteiger partial charge on any atom is -0.508 e. The molecule has 0 radical (unpaired) electrons. The second-order valence-corrected chi connectivity index (χ2v) is 7.74. The Balaban J connectivity index is 1.64. The van der Waals surface area contributed by atoms with Crippen molar-refractivity contribution in [1.82, 2.24) is 9.80 Å². The van der Waals surface area contributed by atoms with Gasteiger partial charge in [0.25, 0.3) is 0 Å². The van der Waals surface area contributed by atoms with Crippen LogP contribution in [0.15, 0.2) is 12.1 Å². The lowest BCUT2D eigenvalue weighted by atomic mass is 9.83. The molecule has 2 N–H and O–H groups in total. The second-order valence-electron chi connectivity index (χ2n) is 6.96. The van der Waals surface area contributed by atoms with Crippen molar-refractivity contribution in [3.05, 3.63) is 27.7 Å². The number of benzene rings is 1. The summed E-state index contributed by atoms with van der Waals surface area (Å²) in [4.78, 5) is 28.6. The van der Waals surface area contributed by atoms with Gasteiger partial charge in [0.2, 0.25) is 11.8 Å². The van der Waals surface area contributed by atoms with Crippen LogP contribution in [0.5, 0.6) is 5.75 Å². The van der Waals surface area contributed by atoms with E-state index >= 15 is 0 Å². The first-order valence-corrected chi connectivity index (χ1v) is 9.10. The maximum absolute atomic E-state index is 12.8. The van der Waals surface area contributed by atoms with Crippen LogP contribution in [-0.4, -0.2) is 63.1 Å². The molecule has 0 aromatic heterocycles. The molecule has 0 spiro atoms. The van der Waals surface area contributed by atoms with Crippen LogP contribution in [0.1, 0.15) is 30.7 Å². The summed E-state index contributed by atoms with van der Waals surface area (Å²) >= 11 is 12.4. The van der Waals surface area contributed by atoms with Gasteiger partial charge < -0.3 is 20.0 Å². The lowest BCUT2D eigenvalue weighted by molar-refractivity contribution is -0.161. The van der Waals surface area contributed by atoms with Gasteiger partial charge in [0.05, 0.1) is 16.1 Å². The molecule has 134 valence electrons. The van der Waals surface area contributed by atoms with Crippen LogP contribution in [0.3, 0.4) is 0 Å². The summed E-state index contributed by atoms with van der Waals surface area (Å²) in [5.74, 6) is -0.338. The first-order chi connectivity index (χ1) is 11.9. The Hall–Kier alpha value is -1.50. The van der Waals surface area contributed by atoms with Crippen molar-refractivity contribution in [1.29, 1.82) is 0 Å².